The Morgan fingerprint density at radius 1 is 1.36 bits per heavy atom. The fourth-order valence-corrected chi connectivity index (χ4v) is 4.35. The highest BCUT2D eigenvalue weighted by atomic mass is 32.1. The first-order valence-corrected chi connectivity index (χ1v) is 9.82. The molecule has 0 bridgehead atoms. The number of rotatable bonds is 5. The van der Waals surface area contributed by atoms with E-state index in [0.29, 0.717) is 21.3 Å². The lowest BCUT2D eigenvalue weighted by atomic mass is 10.1. The molecule has 9 heteroatoms. The molecule has 1 aliphatic carbocycles. The van der Waals surface area contributed by atoms with Crippen LogP contribution in [-0.2, 0) is 16.1 Å². The van der Waals surface area contributed by atoms with Crippen molar-refractivity contribution in [1.29, 1.82) is 0 Å². The summed E-state index contributed by atoms with van der Waals surface area (Å²) in [5, 5.41) is 13.1. The van der Waals surface area contributed by atoms with Crippen LogP contribution in [0.5, 0.6) is 0 Å². The molecule has 0 unspecified atom stereocenters. The normalized spacial score (nSPS) is 14.4. The van der Waals surface area contributed by atoms with Crippen LogP contribution in [0.2, 0.25) is 0 Å². The molecule has 2 heterocycles. The van der Waals surface area contributed by atoms with E-state index in [9.17, 15) is 19.7 Å². The number of hydrogen-bond donors (Lipinski definition) is 0. The summed E-state index contributed by atoms with van der Waals surface area (Å²) in [6.45, 7) is -0.206. The molecule has 0 aliphatic heterocycles. The van der Waals surface area contributed by atoms with E-state index >= 15 is 0 Å². The van der Waals surface area contributed by atoms with E-state index in [4.69, 9.17) is 4.74 Å². The third kappa shape index (κ3) is 3.53. The number of esters is 1. The zero-order valence-corrected chi connectivity index (χ0v) is 15.7. The Labute approximate surface area is 163 Å². The van der Waals surface area contributed by atoms with Crippen LogP contribution < -0.4 is 5.56 Å². The van der Waals surface area contributed by atoms with E-state index in [-0.39, 0.29) is 23.9 Å². The van der Waals surface area contributed by atoms with Crippen LogP contribution in [0.15, 0.2) is 40.8 Å². The van der Waals surface area contributed by atoms with Crippen molar-refractivity contribution in [3.05, 3.63) is 56.4 Å². The lowest BCUT2D eigenvalue weighted by Gasteiger charge is -2.12. The standard InChI is InChI=1S/C19H17N3O5S/c23-16(27-14-6-1-2-7-14)9-21-11-20-18-17(19(21)24)15(10-28-18)12-4-3-5-13(8-12)22(25)26/h3-5,8,10-11,14H,1-2,6-7,9H2. The topological polar surface area (TPSA) is 104 Å². The van der Waals surface area contributed by atoms with Gasteiger partial charge in [-0.1, -0.05) is 12.1 Å². The van der Waals surface area contributed by atoms with Gasteiger partial charge < -0.3 is 4.74 Å². The van der Waals surface area contributed by atoms with Crippen LogP contribution in [-0.4, -0.2) is 26.5 Å². The van der Waals surface area contributed by atoms with Crippen molar-refractivity contribution in [3.8, 4) is 11.1 Å². The minimum absolute atomic E-state index is 0.0544. The molecular formula is C19H17N3O5S. The Morgan fingerprint density at radius 3 is 2.89 bits per heavy atom. The number of carbonyl (C=O) groups excluding carboxylic acids is 1. The van der Waals surface area contributed by atoms with Crippen molar-refractivity contribution in [1.82, 2.24) is 9.55 Å². The van der Waals surface area contributed by atoms with Gasteiger partial charge in [0.05, 0.1) is 16.6 Å². The molecule has 1 saturated carbocycles. The third-order valence-electron chi connectivity index (χ3n) is 4.83. The number of ether oxygens (including phenoxy) is 1. The first kappa shape index (κ1) is 18.3. The molecule has 1 fully saturated rings. The first-order valence-electron chi connectivity index (χ1n) is 8.94. The Balaban J connectivity index is 1.68. The fraction of sp³-hybridized carbons (Fsp3) is 0.316. The summed E-state index contributed by atoms with van der Waals surface area (Å²) in [5.41, 5.74) is 0.711. The number of aromatic nitrogens is 2. The Kier molecular flexibility index (Phi) is 4.91. The minimum Gasteiger partial charge on any atom is -0.461 e. The zero-order chi connectivity index (χ0) is 19.7. The summed E-state index contributed by atoms with van der Waals surface area (Å²) < 4.78 is 6.65. The molecule has 3 aromatic rings. The van der Waals surface area contributed by atoms with Crippen LogP contribution in [0.1, 0.15) is 25.7 Å². The second kappa shape index (κ2) is 7.51. The van der Waals surface area contributed by atoms with Crippen molar-refractivity contribution < 1.29 is 14.5 Å². The molecule has 0 saturated heterocycles. The summed E-state index contributed by atoms with van der Waals surface area (Å²) in [7, 11) is 0. The number of carbonyl (C=O) groups is 1. The van der Waals surface area contributed by atoms with Crippen LogP contribution in [0.4, 0.5) is 5.69 Å². The predicted octanol–water partition coefficient (Wildman–Crippen LogP) is 3.52. The number of nitro groups is 1. The molecule has 2 aromatic heterocycles. The molecule has 8 nitrogen and oxygen atoms in total. The lowest BCUT2D eigenvalue weighted by Crippen LogP contribution is -2.27. The maximum absolute atomic E-state index is 13.0. The van der Waals surface area contributed by atoms with Gasteiger partial charge in [0.1, 0.15) is 17.5 Å². The van der Waals surface area contributed by atoms with Crippen molar-refractivity contribution >= 4 is 33.2 Å². The van der Waals surface area contributed by atoms with Gasteiger partial charge in [0.25, 0.3) is 11.2 Å². The summed E-state index contributed by atoms with van der Waals surface area (Å²) in [4.78, 5) is 40.5. The average Bonchev–Trinajstić information content (AvgIpc) is 3.34. The molecule has 4 rings (SSSR count). The Hall–Kier alpha value is -3.07. The molecule has 144 valence electrons. The summed E-state index contributed by atoms with van der Waals surface area (Å²) in [6.07, 6.45) is 5.09. The number of hydrogen-bond acceptors (Lipinski definition) is 7. The summed E-state index contributed by atoms with van der Waals surface area (Å²) in [5.74, 6) is -0.456. The maximum atomic E-state index is 13.0. The van der Waals surface area contributed by atoms with Crippen molar-refractivity contribution in [3.63, 3.8) is 0 Å². The highest BCUT2D eigenvalue weighted by Gasteiger charge is 2.21. The SMILES string of the molecule is O=C(Cn1cnc2scc(-c3cccc([N+](=O)[O-])c3)c2c1=O)OC1CCCC1. The van der Waals surface area contributed by atoms with E-state index < -0.39 is 10.9 Å². The zero-order valence-electron chi connectivity index (χ0n) is 14.9. The van der Waals surface area contributed by atoms with Crippen LogP contribution in [0.25, 0.3) is 21.3 Å². The number of thiophene rings is 1. The van der Waals surface area contributed by atoms with Gasteiger partial charge in [-0.15, -0.1) is 11.3 Å². The quantitative estimate of drug-likeness (QED) is 0.369. The Morgan fingerprint density at radius 2 is 2.14 bits per heavy atom. The van der Waals surface area contributed by atoms with Crippen molar-refractivity contribution in [2.24, 2.45) is 0 Å². The summed E-state index contributed by atoms with van der Waals surface area (Å²) >= 11 is 1.28. The van der Waals surface area contributed by atoms with Gasteiger partial charge in [-0.25, -0.2) is 4.98 Å². The molecule has 0 spiro atoms. The van der Waals surface area contributed by atoms with E-state index in [1.807, 2.05) is 0 Å². The predicted molar refractivity (Wildman–Crippen MR) is 104 cm³/mol. The molecule has 0 N–H and O–H groups in total. The van der Waals surface area contributed by atoms with Crippen LogP contribution in [0.3, 0.4) is 0 Å². The van der Waals surface area contributed by atoms with Gasteiger partial charge in [-0.05, 0) is 31.2 Å². The monoisotopic (exact) mass is 399 g/mol. The number of nitrogens with zero attached hydrogens (tertiary/aromatic N) is 3. The molecule has 0 amide bonds. The van der Waals surface area contributed by atoms with Crippen molar-refractivity contribution in [2.45, 2.75) is 38.3 Å². The lowest BCUT2D eigenvalue weighted by molar-refractivity contribution is -0.384. The van der Waals surface area contributed by atoms with E-state index in [2.05, 4.69) is 4.98 Å². The molecular weight excluding hydrogens is 382 g/mol. The van der Waals surface area contributed by atoms with E-state index in [0.717, 1.165) is 25.7 Å². The molecule has 1 aliphatic rings. The summed E-state index contributed by atoms with van der Waals surface area (Å²) in [6, 6.07) is 6.10. The van der Waals surface area contributed by atoms with E-state index in [1.54, 1.807) is 17.5 Å². The van der Waals surface area contributed by atoms with Gasteiger partial charge in [0, 0.05) is 23.1 Å². The van der Waals surface area contributed by atoms with Crippen molar-refractivity contribution in [2.75, 3.05) is 0 Å². The molecule has 0 radical (unpaired) electrons. The van der Waals surface area contributed by atoms with Crippen LogP contribution >= 0.6 is 11.3 Å². The smallest absolute Gasteiger partial charge is 0.326 e. The third-order valence-corrected chi connectivity index (χ3v) is 5.71. The average molecular weight is 399 g/mol. The van der Waals surface area contributed by atoms with Gasteiger partial charge in [-0.3, -0.25) is 24.3 Å². The molecule has 28 heavy (non-hydrogen) atoms. The van der Waals surface area contributed by atoms with Gasteiger partial charge in [0.15, 0.2) is 0 Å². The van der Waals surface area contributed by atoms with Gasteiger partial charge in [-0.2, -0.15) is 0 Å². The molecule has 1 aromatic carbocycles. The maximum Gasteiger partial charge on any atom is 0.326 e. The van der Waals surface area contributed by atoms with Gasteiger partial charge >= 0.3 is 5.97 Å². The number of nitro benzene ring substituents is 1. The van der Waals surface area contributed by atoms with E-state index in [1.165, 1.54) is 34.4 Å². The second-order valence-corrected chi connectivity index (χ2v) is 7.57. The van der Waals surface area contributed by atoms with Crippen LogP contribution in [0, 0.1) is 10.1 Å². The highest BCUT2D eigenvalue weighted by molar-refractivity contribution is 7.17. The first-order chi connectivity index (χ1) is 13.5. The second-order valence-electron chi connectivity index (χ2n) is 6.71. The number of non-ortho nitro benzene ring substituents is 1. The Bertz CT molecular complexity index is 1110. The highest BCUT2D eigenvalue weighted by Crippen LogP contribution is 2.32. The fourth-order valence-electron chi connectivity index (χ4n) is 3.45. The number of benzene rings is 1. The molecule has 0 atom stereocenters. The number of fused-ring (bicyclic) bond motifs is 1. The van der Waals surface area contributed by atoms with Gasteiger partial charge in [0.2, 0.25) is 0 Å². The largest absolute Gasteiger partial charge is 0.461 e. The minimum atomic E-state index is -0.479.